The molecule has 4 nitrogen and oxygen atoms in total. The van der Waals surface area contributed by atoms with Gasteiger partial charge in [0.05, 0.1) is 12.6 Å². The molecule has 0 spiro atoms. The van der Waals surface area contributed by atoms with E-state index in [0.29, 0.717) is 13.2 Å². The summed E-state index contributed by atoms with van der Waals surface area (Å²) in [5.74, 6) is 0.220. The summed E-state index contributed by atoms with van der Waals surface area (Å²) in [5.41, 5.74) is 3.90. The second-order valence-corrected chi connectivity index (χ2v) is 5.74. The molecular weight excluding hydrogens is 264 g/mol. The van der Waals surface area contributed by atoms with E-state index in [0.717, 1.165) is 25.9 Å². The summed E-state index contributed by atoms with van der Waals surface area (Å²) >= 11 is 0. The quantitative estimate of drug-likeness (QED) is 0.856. The number of benzene rings is 1. The zero-order valence-electron chi connectivity index (χ0n) is 12.5. The molecule has 0 fully saturated rings. The van der Waals surface area contributed by atoms with Gasteiger partial charge in [-0.3, -0.25) is 4.79 Å². The van der Waals surface area contributed by atoms with E-state index in [1.165, 1.54) is 16.7 Å². The van der Waals surface area contributed by atoms with Gasteiger partial charge in [-0.25, -0.2) is 0 Å². The van der Waals surface area contributed by atoms with Crippen LogP contribution < -0.4 is 5.32 Å². The molecule has 1 N–H and O–H groups in total. The van der Waals surface area contributed by atoms with E-state index in [4.69, 9.17) is 4.74 Å². The van der Waals surface area contributed by atoms with E-state index in [9.17, 15) is 4.79 Å². The van der Waals surface area contributed by atoms with E-state index >= 15 is 0 Å². The second-order valence-electron chi connectivity index (χ2n) is 5.74. The van der Waals surface area contributed by atoms with Gasteiger partial charge in [0, 0.05) is 26.7 Å². The molecular formula is C17H22N2O2. The average Bonchev–Trinajstić information content (AvgIpc) is 2.55. The first-order chi connectivity index (χ1) is 10.3. The SMILES string of the molecule is COCC1=CCN(C(=O)[C@H]2Cc3ccccc3CN2)CC1. The molecule has 1 amide bonds. The summed E-state index contributed by atoms with van der Waals surface area (Å²) in [7, 11) is 1.71. The number of carbonyl (C=O) groups excluding carboxylic acids is 1. The van der Waals surface area contributed by atoms with Crippen molar-refractivity contribution < 1.29 is 9.53 Å². The third kappa shape index (κ3) is 3.17. The van der Waals surface area contributed by atoms with Crippen molar-refractivity contribution in [3.05, 3.63) is 47.0 Å². The number of carbonyl (C=O) groups is 1. The van der Waals surface area contributed by atoms with E-state index in [2.05, 4.69) is 29.6 Å². The van der Waals surface area contributed by atoms with Gasteiger partial charge >= 0.3 is 0 Å². The lowest BCUT2D eigenvalue weighted by atomic mass is 9.95. The van der Waals surface area contributed by atoms with Crippen LogP contribution in [-0.4, -0.2) is 43.7 Å². The highest BCUT2D eigenvalue weighted by Crippen LogP contribution is 2.19. The molecule has 0 unspecified atom stereocenters. The van der Waals surface area contributed by atoms with E-state index in [1.54, 1.807) is 7.11 Å². The first-order valence-electron chi connectivity index (χ1n) is 7.53. The van der Waals surface area contributed by atoms with Crippen LogP contribution in [0.1, 0.15) is 17.5 Å². The average molecular weight is 286 g/mol. The monoisotopic (exact) mass is 286 g/mol. The summed E-state index contributed by atoms with van der Waals surface area (Å²) in [4.78, 5) is 14.6. The fourth-order valence-electron chi connectivity index (χ4n) is 3.08. The Morgan fingerprint density at radius 2 is 2.19 bits per heavy atom. The van der Waals surface area contributed by atoms with Gasteiger partial charge in [0.25, 0.3) is 0 Å². The number of nitrogens with one attached hydrogen (secondary N) is 1. The Labute approximate surface area is 125 Å². The molecule has 112 valence electrons. The number of amides is 1. The van der Waals surface area contributed by atoms with Crippen molar-refractivity contribution in [2.45, 2.75) is 25.4 Å². The molecule has 21 heavy (non-hydrogen) atoms. The lowest BCUT2D eigenvalue weighted by Gasteiger charge is -2.32. The van der Waals surface area contributed by atoms with Gasteiger partial charge in [-0.1, -0.05) is 30.3 Å². The maximum absolute atomic E-state index is 12.6. The van der Waals surface area contributed by atoms with Crippen molar-refractivity contribution in [1.29, 1.82) is 0 Å². The molecule has 0 saturated heterocycles. The van der Waals surface area contributed by atoms with Crippen molar-refractivity contribution in [1.82, 2.24) is 10.2 Å². The highest BCUT2D eigenvalue weighted by Gasteiger charge is 2.28. The summed E-state index contributed by atoms with van der Waals surface area (Å²) in [5, 5.41) is 3.37. The van der Waals surface area contributed by atoms with Gasteiger partial charge in [0.1, 0.15) is 0 Å². The number of hydrogen-bond donors (Lipinski definition) is 1. The van der Waals surface area contributed by atoms with Crippen molar-refractivity contribution in [2.24, 2.45) is 0 Å². The van der Waals surface area contributed by atoms with Crippen LogP contribution in [0, 0.1) is 0 Å². The maximum Gasteiger partial charge on any atom is 0.240 e. The lowest BCUT2D eigenvalue weighted by Crippen LogP contribution is -2.50. The van der Waals surface area contributed by atoms with Crippen LogP contribution in [-0.2, 0) is 22.5 Å². The minimum Gasteiger partial charge on any atom is -0.380 e. The number of hydrogen-bond acceptors (Lipinski definition) is 3. The summed E-state index contributed by atoms with van der Waals surface area (Å²) in [6.45, 7) is 2.97. The Hall–Kier alpha value is -1.65. The highest BCUT2D eigenvalue weighted by atomic mass is 16.5. The minimum atomic E-state index is -0.0859. The molecule has 0 bridgehead atoms. The molecule has 2 heterocycles. The van der Waals surface area contributed by atoms with Crippen LogP contribution in [0.15, 0.2) is 35.9 Å². The van der Waals surface area contributed by atoms with Gasteiger partial charge < -0.3 is 15.0 Å². The predicted molar refractivity (Wildman–Crippen MR) is 81.9 cm³/mol. The second kappa shape index (κ2) is 6.41. The molecule has 0 saturated carbocycles. The van der Waals surface area contributed by atoms with E-state index in [-0.39, 0.29) is 11.9 Å². The van der Waals surface area contributed by atoms with E-state index < -0.39 is 0 Å². The van der Waals surface area contributed by atoms with Gasteiger partial charge in [0.2, 0.25) is 5.91 Å². The van der Waals surface area contributed by atoms with Crippen LogP contribution in [0.3, 0.4) is 0 Å². The fraction of sp³-hybridized carbons (Fsp3) is 0.471. The van der Waals surface area contributed by atoms with Gasteiger partial charge in [-0.05, 0) is 29.5 Å². The largest absolute Gasteiger partial charge is 0.380 e. The number of rotatable bonds is 3. The van der Waals surface area contributed by atoms with Crippen LogP contribution in [0.25, 0.3) is 0 Å². The molecule has 1 aromatic carbocycles. The molecule has 0 radical (unpaired) electrons. The molecule has 2 aliphatic rings. The summed E-state index contributed by atoms with van der Waals surface area (Å²) in [6, 6.07) is 8.27. The third-order valence-electron chi connectivity index (χ3n) is 4.32. The Bertz CT molecular complexity index is 553. The number of ether oxygens (including phenoxy) is 1. The number of methoxy groups -OCH3 is 1. The van der Waals surface area contributed by atoms with Crippen molar-refractivity contribution >= 4 is 5.91 Å². The van der Waals surface area contributed by atoms with Crippen molar-refractivity contribution in [3.63, 3.8) is 0 Å². The molecule has 3 rings (SSSR count). The third-order valence-corrected chi connectivity index (χ3v) is 4.32. The zero-order chi connectivity index (χ0) is 14.7. The Morgan fingerprint density at radius 1 is 1.38 bits per heavy atom. The van der Waals surface area contributed by atoms with Crippen molar-refractivity contribution in [2.75, 3.05) is 26.8 Å². The van der Waals surface area contributed by atoms with Crippen molar-refractivity contribution in [3.8, 4) is 0 Å². The lowest BCUT2D eigenvalue weighted by molar-refractivity contribution is -0.133. The Kier molecular flexibility index (Phi) is 4.36. The molecule has 4 heteroatoms. The maximum atomic E-state index is 12.6. The molecule has 1 aromatic rings. The van der Waals surface area contributed by atoms with Crippen LogP contribution in [0.5, 0.6) is 0 Å². The van der Waals surface area contributed by atoms with E-state index in [1.807, 2.05) is 11.0 Å². The molecule has 1 atom stereocenters. The van der Waals surface area contributed by atoms with Gasteiger partial charge in [-0.2, -0.15) is 0 Å². The smallest absolute Gasteiger partial charge is 0.240 e. The summed E-state index contributed by atoms with van der Waals surface area (Å²) in [6.07, 6.45) is 3.84. The van der Waals surface area contributed by atoms with Crippen LogP contribution in [0.2, 0.25) is 0 Å². The van der Waals surface area contributed by atoms with Crippen LogP contribution in [0.4, 0.5) is 0 Å². The highest BCUT2D eigenvalue weighted by molar-refractivity contribution is 5.83. The topological polar surface area (TPSA) is 41.6 Å². The Balaban J connectivity index is 1.62. The zero-order valence-corrected chi connectivity index (χ0v) is 12.5. The van der Waals surface area contributed by atoms with Crippen LogP contribution >= 0.6 is 0 Å². The molecule has 2 aliphatic heterocycles. The van der Waals surface area contributed by atoms with Gasteiger partial charge in [-0.15, -0.1) is 0 Å². The van der Waals surface area contributed by atoms with Gasteiger partial charge in [0.15, 0.2) is 0 Å². The normalized spacial score (nSPS) is 21.7. The first-order valence-corrected chi connectivity index (χ1v) is 7.53. The molecule has 0 aliphatic carbocycles. The fourth-order valence-corrected chi connectivity index (χ4v) is 3.08. The number of nitrogens with zero attached hydrogens (tertiary/aromatic N) is 1. The summed E-state index contributed by atoms with van der Waals surface area (Å²) < 4.78 is 5.15. The first kappa shape index (κ1) is 14.3. The minimum absolute atomic E-state index is 0.0859. The Morgan fingerprint density at radius 3 is 2.90 bits per heavy atom. The standard InChI is InChI=1S/C17H22N2O2/c1-21-12-13-6-8-19(9-7-13)17(20)16-10-14-4-2-3-5-15(14)11-18-16/h2-6,16,18H,7-12H2,1H3/t16-/m1/s1. The molecule has 0 aromatic heterocycles. The predicted octanol–water partition coefficient (Wildman–Crippen LogP) is 1.51. The number of fused-ring (bicyclic) bond motifs is 1.